The third-order valence-electron chi connectivity index (χ3n) is 2.17. The van der Waals surface area contributed by atoms with Crippen molar-refractivity contribution in [1.82, 2.24) is 9.78 Å². The van der Waals surface area contributed by atoms with Crippen LogP contribution in [-0.2, 0) is 11.2 Å². The Bertz CT molecular complexity index is 502. The van der Waals surface area contributed by atoms with Crippen molar-refractivity contribution >= 4 is 17.4 Å². The van der Waals surface area contributed by atoms with Gasteiger partial charge in [0.15, 0.2) is 0 Å². The molecule has 2 aromatic rings. The predicted molar refractivity (Wildman–Crippen MR) is 63.0 cm³/mol. The molecule has 0 bridgehead atoms. The Balaban J connectivity index is 2.24. The highest BCUT2D eigenvalue weighted by molar-refractivity contribution is 6.30. The molecule has 0 spiro atoms. The van der Waals surface area contributed by atoms with Crippen molar-refractivity contribution in [2.45, 2.75) is 13.3 Å². The van der Waals surface area contributed by atoms with Crippen LogP contribution in [0.1, 0.15) is 12.6 Å². The van der Waals surface area contributed by atoms with Crippen molar-refractivity contribution in [2.24, 2.45) is 0 Å². The van der Waals surface area contributed by atoms with Gasteiger partial charge in [-0.1, -0.05) is 11.6 Å². The molecule has 0 atom stereocenters. The van der Waals surface area contributed by atoms with Gasteiger partial charge in [0.05, 0.1) is 17.8 Å². The summed E-state index contributed by atoms with van der Waals surface area (Å²) >= 11 is 5.80. The van der Waals surface area contributed by atoms with E-state index in [1.807, 2.05) is 36.5 Å². The van der Waals surface area contributed by atoms with Crippen molar-refractivity contribution in [3.05, 3.63) is 47.2 Å². The van der Waals surface area contributed by atoms with E-state index in [2.05, 4.69) is 5.10 Å². The number of hydrogen-bond donors (Lipinski definition) is 0. The van der Waals surface area contributed by atoms with Gasteiger partial charge in [-0.3, -0.25) is 4.79 Å². The van der Waals surface area contributed by atoms with E-state index < -0.39 is 0 Å². The monoisotopic (exact) mass is 234 g/mol. The molecule has 16 heavy (non-hydrogen) atoms. The molecule has 4 heteroatoms. The van der Waals surface area contributed by atoms with Crippen LogP contribution in [0.25, 0.3) is 5.69 Å². The number of rotatable bonds is 3. The van der Waals surface area contributed by atoms with E-state index in [1.165, 1.54) is 0 Å². The van der Waals surface area contributed by atoms with Crippen LogP contribution in [0.3, 0.4) is 0 Å². The van der Waals surface area contributed by atoms with E-state index in [1.54, 1.807) is 11.6 Å². The van der Waals surface area contributed by atoms with E-state index in [4.69, 9.17) is 11.6 Å². The Morgan fingerprint density at radius 1 is 1.31 bits per heavy atom. The second kappa shape index (κ2) is 4.49. The van der Waals surface area contributed by atoms with Gasteiger partial charge in [-0.2, -0.15) is 5.10 Å². The maximum Gasteiger partial charge on any atom is 0.135 e. The highest BCUT2D eigenvalue weighted by atomic mass is 35.5. The van der Waals surface area contributed by atoms with Crippen molar-refractivity contribution in [3.8, 4) is 5.69 Å². The smallest absolute Gasteiger partial charge is 0.135 e. The maximum absolute atomic E-state index is 10.9. The van der Waals surface area contributed by atoms with Gasteiger partial charge in [-0.05, 0) is 37.3 Å². The summed E-state index contributed by atoms with van der Waals surface area (Å²) in [5, 5.41) is 5.00. The summed E-state index contributed by atoms with van der Waals surface area (Å²) in [6.45, 7) is 1.56. The summed E-state index contributed by atoms with van der Waals surface area (Å²) in [7, 11) is 0. The van der Waals surface area contributed by atoms with Crippen molar-refractivity contribution in [3.63, 3.8) is 0 Å². The largest absolute Gasteiger partial charge is 0.300 e. The predicted octanol–water partition coefficient (Wildman–Crippen LogP) is 2.66. The normalized spacial score (nSPS) is 10.4. The molecule has 0 amide bonds. The average Bonchev–Trinajstić information content (AvgIpc) is 2.66. The fourth-order valence-electron chi connectivity index (χ4n) is 1.45. The Morgan fingerprint density at radius 3 is 2.62 bits per heavy atom. The number of halogens is 1. The molecule has 0 saturated carbocycles. The van der Waals surface area contributed by atoms with Crippen LogP contribution in [0, 0.1) is 0 Å². The van der Waals surface area contributed by atoms with Crippen LogP contribution in [0.2, 0.25) is 5.02 Å². The second-order valence-corrected chi connectivity index (χ2v) is 4.04. The van der Waals surface area contributed by atoms with E-state index in [-0.39, 0.29) is 5.78 Å². The number of ketones is 1. The molecule has 0 aliphatic rings. The Morgan fingerprint density at radius 2 is 2.00 bits per heavy atom. The average molecular weight is 235 g/mol. The van der Waals surface area contributed by atoms with E-state index in [0.29, 0.717) is 11.4 Å². The summed E-state index contributed by atoms with van der Waals surface area (Å²) in [4.78, 5) is 10.9. The molecular formula is C12H11ClN2O. The molecule has 0 fully saturated rings. The number of aromatic nitrogens is 2. The summed E-state index contributed by atoms with van der Waals surface area (Å²) in [6, 6.07) is 9.22. The zero-order chi connectivity index (χ0) is 11.5. The van der Waals surface area contributed by atoms with Gasteiger partial charge in [0.1, 0.15) is 5.78 Å². The first-order chi connectivity index (χ1) is 7.65. The van der Waals surface area contributed by atoms with Crippen LogP contribution < -0.4 is 0 Å². The SMILES string of the molecule is CC(=O)Cc1ccn(-c2ccc(Cl)cc2)n1. The lowest BCUT2D eigenvalue weighted by molar-refractivity contribution is -0.116. The maximum atomic E-state index is 10.9. The Kier molecular flexibility index (Phi) is 3.06. The zero-order valence-corrected chi connectivity index (χ0v) is 9.61. The minimum Gasteiger partial charge on any atom is -0.300 e. The van der Waals surface area contributed by atoms with Gasteiger partial charge in [0.2, 0.25) is 0 Å². The number of hydrogen-bond acceptors (Lipinski definition) is 2. The Labute approximate surface area is 98.7 Å². The molecule has 0 unspecified atom stereocenters. The van der Waals surface area contributed by atoms with Crippen molar-refractivity contribution in [1.29, 1.82) is 0 Å². The first-order valence-electron chi connectivity index (χ1n) is 4.95. The summed E-state index contributed by atoms with van der Waals surface area (Å²) in [6.07, 6.45) is 2.21. The molecule has 0 aliphatic carbocycles. The molecule has 2 rings (SSSR count). The molecule has 3 nitrogen and oxygen atoms in total. The summed E-state index contributed by atoms with van der Waals surface area (Å²) in [5.74, 6) is 0.112. The molecule has 1 aromatic carbocycles. The van der Waals surface area contributed by atoms with Gasteiger partial charge < -0.3 is 0 Å². The lowest BCUT2D eigenvalue weighted by Crippen LogP contribution is -2.00. The minimum absolute atomic E-state index is 0.112. The van der Waals surface area contributed by atoms with Gasteiger partial charge >= 0.3 is 0 Å². The third-order valence-corrected chi connectivity index (χ3v) is 2.42. The van der Waals surface area contributed by atoms with Crippen LogP contribution >= 0.6 is 11.6 Å². The zero-order valence-electron chi connectivity index (χ0n) is 8.85. The van der Waals surface area contributed by atoms with Crippen molar-refractivity contribution < 1.29 is 4.79 Å². The standard InChI is InChI=1S/C12H11ClN2O/c1-9(16)8-11-6-7-15(14-11)12-4-2-10(13)3-5-12/h2-7H,8H2,1H3. The van der Waals surface area contributed by atoms with E-state index in [0.717, 1.165) is 11.4 Å². The molecule has 1 aromatic heterocycles. The first-order valence-corrected chi connectivity index (χ1v) is 5.33. The lowest BCUT2D eigenvalue weighted by Gasteiger charge is -2.00. The topological polar surface area (TPSA) is 34.9 Å². The molecule has 1 heterocycles. The lowest BCUT2D eigenvalue weighted by atomic mass is 10.2. The highest BCUT2D eigenvalue weighted by Gasteiger charge is 2.03. The van der Waals surface area contributed by atoms with Crippen LogP contribution in [0.4, 0.5) is 0 Å². The highest BCUT2D eigenvalue weighted by Crippen LogP contribution is 2.13. The molecule has 0 N–H and O–H groups in total. The third kappa shape index (κ3) is 2.49. The van der Waals surface area contributed by atoms with Crippen molar-refractivity contribution in [2.75, 3.05) is 0 Å². The summed E-state index contributed by atoms with van der Waals surface area (Å²) in [5.41, 5.74) is 1.71. The molecular weight excluding hydrogens is 224 g/mol. The molecule has 0 saturated heterocycles. The van der Waals surface area contributed by atoms with Crippen LogP contribution in [-0.4, -0.2) is 15.6 Å². The van der Waals surface area contributed by atoms with Gasteiger partial charge in [-0.25, -0.2) is 4.68 Å². The van der Waals surface area contributed by atoms with Gasteiger partial charge in [-0.15, -0.1) is 0 Å². The fraction of sp³-hybridized carbons (Fsp3) is 0.167. The number of benzene rings is 1. The summed E-state index contributed by atoms with van der Waals surface area (Å²) < 4.78 is 1.73. The fourth-order valence-corrected chi connectivity index (χ4v) is 1.57. The number of carbonyl (C=O) groups is 1. The molecule has 0 radical (unpaired) electrons. The number of carbonyl (C=O) groups excluding carboxylic acids is 1. The minimum atomic E-state index is 0.112. The first kappa shape index (κ1) is 10.9. The van der Waals surface area contributed by atoms with E-state index in [9.17, 15) is 4.79 Å². The quantitative estimate of drug-likeness (QED) is 0.819. The molecule has 0 aliphatic heterocycles. The van der Waals surface area contributed by atoms with Crippen LogP contribution in [0.15, 0.2) is 36.5 Å². The number of Topliss-reactive ketones (excluding diaryl/α,β-unsaturated/α-hetero) is 1. The van der Waals surface area contributed by atoms with Crippen LogP contribution in [0.5, 0.6) is 0 Å². The Hall–Kier alpha value is -1.61. The van der Waals surface area contributed by atoms with Gasteiger partial charge in [0.25, 0.3) is 0 Å². The number of nitrogens with zero attached hydrogens (tertiary/aromatic N) is 2. The van der Waals surface area contributed by atoms with E-state index >= 15 is 0 Å². The van der Waals surface area contributed by atoms with Gasteiger partial charge in [0, 0.05) is 11.2 Å². The second-order valence-electron chi connectivity index (χ2n) is 3.61. The molecule has 82 valence electrons.